The molecule has 2 aromatic carbocycles. The number of rotatable bonds is 7. The third-order valence-electron chi connectivity index (χ3n) is 7.12. The number of hydrogen-bond donors (Lipinski definition) is 2. The fourth-order valence-electron chi connectivity index (χ4n) is 4.90. The van der Waals surface area contributed by atoms with Gasteiger partial charge in [0, 0.05) is 30.4 Å². The van der Waals surface area contributed by atoms with E-state index in [9.17, 15) is 24.2 Å². The zero-order chi connectivity index (χ0) is 27.8. The van der Waals surface area contributed by atoms with Gasteiger partial charge in [-0.15, -0.1) is 0 Å². The van der Waals surface area contributed by atoms with Crippen LogP contribution >= 0.6 is 0 Å². The van der Waals surface area contributed by atoms with Gasteiger partial charge in [-0.05, 0) is 94.3 Å². The molecule has 1 fully saturated rings. The summed E-state index contributed by atoms with van der Waals surface area (Å²) in [5.41, 5.74) is 1.68. The van der Waals surface area contributed by atoms with Crippen molar-refractivity contribution < 1.29 is 28.9 Å². The van der Waals surface area contributed by atoms with Crippen LogP contribution in [-0.2, 0) is 17.4 Å². The summed E-state index contributed by atoms with van der Waals surface area (Å²) in [6, 6.07) is 9.55. The number of carboxylic acid groups (broad SMARTS) is 1. The number of pyridine rings is 1. The number of aliphatic carboxylic acids is 1. The molecule has 8 heteroatoms. The molecule has 0 unspecified atom stereocenters. The van der Waals surface area contributed by atoms with Gasteiger partial charge in [0.1, 0.15) is 23.1 Å². The predicted octanol–water partition coefficient (Wildman–Crippen LogP) is 5.85. The number of nitrogens with zero attached hydrogens (tertiary/aromatic N) is 1. The first-order valence-corrected chi connectivity index (χ1v) is 12.8. The number of aryl methyl sites for hydroxylation is 3. The summed E-state index contributed by atoms with van der Waals surface area (Å²) in [6.45, 7) is 6.90. The van der Waals surface area contributed by atoms with E-state index in [2.05, 4.69) is 0 Å². The Hall–Kier alpha value is -3.65. The maximum Gasteiger partial charge on any atom is 0.306 e. The van der Waals surface area contributed by atoms with Gasteiger partial charge in [-0.1, -0.05) is 6.07 Å². The molecule has 0 atom stereocenters. The van der Waals surface area contributed by atoms with Crippen molar-refractivity contribution in [1.29, 1.82) is 0 Å². The average Bonchev–Trinajstić information content (AvgIpc) is 2.83. The molecule has 0 saturated heterocycles. The molecule has 0 radical (unpaired) electrons. The Kier molecular flexibility index (Phi) is 7.65. The van der Waals surface area contributed by atoms with Crippen molar-refractivity contribution in [3.63, 3.8) is 0 Å². The summed E-state index contributed by atoms with van der Waals surface area (Å²) >= 11 is 0. The maximum atomic E-state index is 13.9. The third-order valence-corrected chi connectivity index (χ3v) is 7.12. The van der Waals surface area contributed by atoms with Crippen molar-refractivity contribution in [3.8, 4) is 28.4 Å². The van der Waals surface area contributed by atoms with Crippen molar-refractivity contribution in [2.75, 3.05) is 0 Å². The lowest BCUT2D eigenvalue weighted by atomic mass is 9.87. The molecule has 3 aromatic rings. The van der Waals surface area contributed by atoms with Gasteiger partial charge in [0.15, 0.2) is 0 Å². The minimum absolute atomic E-state index is 0.236. The minimum Gasteiger partial charge on any atom is -0.490 e. The molecule has 1 heterocycles. The number of aromatic nitrogens is 1. The summed E-state index contributed by atoms with van der Waals surface area (Å²) in [6.07, 6.45) is 3.57. The summed E-state index contributed by atoms with van der Waals surface area (Å²) in [5, 5.41) is 20.1. The SMILES string of the molecule is Cc1cc(F)cc(C)c1Oc1ccc(C(C)(C)O)cc1-c1cn(C)c(=O)cc1O[C@H]1CC[C@H](C(=O)O)CC1. The number of benzene rings is 2. The quantitative estimate of drug-likeness (QED) is 0.403. The molecule has 7 nitrogen and oxygen atoms in total. The molecule has 0 bridgehead atoms. The van der Waals surface area contributed by atoms with Crippen LogP contribution in [0, 0.1) is 25.6 Å². The fraction of sp³-hybridized carbons (Fsp3) is 0.400. The van der Waals surface area contributed by atoms with Crippen LogP contribution in [0.1, 0.15) is 56.2 Å². The van der Waals surface area contributed by atoms with Crippen LogP contribution in [0.4, 0.5) is 4.39 Å². The topological polar surface area (TPSA) is 98.0 Å². The van der Waals surface area contributed by atoms with E-state index in [1.165, 1.54) is 22.8 Å². The van der Waals surface area contributed by atoms with Crippen molar-refractivity contribution in [2.45, 2.75) is 65.1 Å². The molecule has 0 amide bonds. The lowest BCUT2D eigenvalue weighted by molar-refractivity contribution is -0.143. The Morgan fingerprint density at radius 2 is 1.63 bits per heavy atom. The van der Waals surface area contributed by atoms with Gasteiger partial charge in [0.25, 0.3) is 5.56 Å². The first kappa shape index (κ1) is 27.4. The summed E-state index contributed by atoms with van der Waals surface area (Å²) in [4.78, 5) is 24.0. The van der Waals surface area contributed by atoms with E-state index >= 15 is 0 Å². The second kappa shape index (κ2) is 10.6. The van der Waals surface area contributed by atoms with Crippen molar-refractivity contribution in [3.05, 3.63) is 75.5 Å². The summed E-state index contributed by atoms with van der Waals surface area (Å²) in [7, 11) is 1.64. The Morgan fingerprint density at radius 3 is 2.21 bits per heavy atom. The van der Waals surface area contributed by atoms with Gasteiger partial charge in [-0.3, -0.25) is 9.59 Å². The van der Waals surface area contributed by atoms with Crippen LogP contribution in [-0.4, -0.2) is 26.9 Å². The molecule has 0 aliphatic heterocycles. The van der Waals surface area contributed by atoms with Crippen LogP contribution < -0.4 is 15.0 Å². The highest BCUT2D eigenvalue weighted by atomic mass is 19.1. The number of ether oxygens (including phenoxy) is 2. The van der Waals surface area contributed by atoms with Crippen LogP contribution in [0.15, 0.2) is 47.4 Å². The monoisotopic (exact) mass is 523 g/mol. The van der Waals surface area contributed by atoms with E-state index in [0.29, 0.717) is 70.7 Å². The normalized spacial score (nSPS) is 17.8. The maximum absolute atomic E-state index is 13.9. The van der Waals surface area contributed by atoms with Crippen molar-refractivity contribution in [1.82, 2.24) is 4.57 Å². The minimum atomic E-state index is -1.15. The van der Waals surface area contributed by atoms with Crippen LogP contribution in [0.25, 0.3) is 11.1 Å². The zero-order valence-corrected chi connectivity index (χ0v) is 22.4. The van der Waals surface area contributed by atoms with Gasteiger partial charge < -0.3 is 24.3 Å². The molecule has 1 aliphatic rings. The number of aliphatic hydroxyl groups is 1. The average molecular weight is 524 g/mol. The predicted molar refractivity (Wildman–Crippen MR) is 142 cm³/mol. The van der Waals surface area contributed by atoms with E-state index in [0.717, 1.165) is 0 Å². The Bertz CT molecular complexity index is 1390. The molecule has 4 rings (SSSR count). The van der Waals surface area contributed by atoms with Gasteiger partial charge in [0.05, 0.1) is 17.6 Å². The summed E-state index contributed by atoms with van der Waals surface area (Å²) < 4.78 is 28.1. The number of halogens is 1. The van der Waals surface area contributed by atoms with Crippen molar-refractivity contribution >= 4 is 5.97 Å². The third kappa shape index (κ3) is 5.91. The Morgan fingerprint density at radius 1 is 1.00 bits per heavy atom. The molecule has 1 aliphatic carbocycles. The van der Waals surface area contributed by atoms with Gasteiger partial charge in [-0.25, -0.2) is 4.39 Å². The van der Waals surface area contributed by atoms with Crippen molar-refractivity contribution in [2.24, 2.45) is 13.0 Å². The highest BCUT2D eigenvalue weighted by Gasteiger charge is 2.28. The lowest BCUT2D eigenvalue weighted by Gasteiger charge is -2.28. The first-order chi connectivity index (χ1) is 17.8. The number of hydrogen-bond acceptors (Lipinski definition) is 5. The second-order valence-corrected chi connectivity index (χ2v) is 10.7. The second-order valence-electron chi connectivity index (χ2n) is 10.7. The van der Waals surface area contributed by atoms with E-state index in [-0.39, 0.29) is 23.4 Å². The van der Waals surface area contributed by atoms with Crippen LogP contribution in [0.5, 0.6) is 17.2 Å². The van der Waals surface area contributed by atoms with E-state index in [4.69, 9.17) is 9.47 Å². The standard InChI is InChI=1S/C30H34FNO6/c1-17-12-21(31)13-18(2)28(17)38-25-11-8-20(30(3,4)36)14-23(25)24-16-32(5)27(33)15-26(24)37-22-9-6-19(7-10-22)29(34)35/h8,11-16,19,22,36H,6-7,9-10H2,1-5H3,(H,34,35)/t19-,22-. The van der Waals surface area contributed by atoms with E-state index in [1.807, 2.05) is 0 Å². The van der Waals surface area contributed by atoms with Gasteiger partial charge in [-0.2, -0.15) is 0 Å². The number of carboxylic acids is 1. The smallest absolute Gasteiger partial charge is 0.306 e. The molecule has 0 spiro atoms. The van der Waals surface area contributed by atoms with Crippen LogP contribution in [0.3, 0.4) is 0 Å². The largest absolute Gasteiger partial charge is 0.490 e. The first-order valence-electron chi connectivity index (χ1n) is 12.8. The highest BCUT2D eigenvalue weighted by Crippen LogP contribution is 2.42. The fourth-order valence-corrected chi connectivity index (χ4v) is 4.90. The molecule has 38 heavy (non-hydrogen) atoms. The molecular weight excluding hydrogens is 489 g/mol. The zero-order valence-electron chi connectivity index (χ0n) is 22.4. The van der Waals surface area contributed by atoms with E-state index in [1.54, 1.807) is 59.1 Å². The van der Waals surface area contributed by atoms with Crippen LogP contribution in [0.2, 0.25) is 0 Å². The number of carbonyl (C=O) groups is 1. The lowest BCUT2D eigenvalue weighted by Crippen LogP contribution is -2.28. The Labute approximate surface area is 221 Å². The molecule has 1 aromatic heterocycles. The van der Waals surface area contributed by atoms with E-state index < -0.39 is 11.6 Å². The summed E-state index contributed by atoms with van der Waals surface area (Å²) in [5.74, 6) is -0.205. The molecular formula is C30H34FNO6. The Balaban J connectivity index is 1.81. The molecule has 202 valence electrons. The van der Waals surface area contributed by atoms with Gasteiger partial charge in [0.2, 0.25) is 0 Å². The highest BCUT2D eigenvalue weighted by molar-refractivity contribution is 5.76. The molecule has 2 N–H and O–H groups in total. The molecule has 1 saturated carbocycles. The van der Waals surface area contributed by atoms with Gasteiger partial charge >= 0.3 is 5.97 Å².